The summed E-state index contributed by atoms with van der Waals surface area (Å²) in [5, 5.41) is 0. The molecule has 0 saturated heterocycles. The summed E-state index contributed by atoms with van der Waals surface area (Å²) in [6, 6.07) is 0. The molecule has 0 bridgehead atoms. The molecule has 0 amide bonds. The van der Waals surface area contributed by atoms with Crippen molar-refractivity contribution in [2.24, 2.45) is 0 Å². The van der Waals surface area contributed by atoms with E-state index in [9.17, 15) is 0 Å². The molecule has 0 aliphatic rings. The first kappa shape index (κ1) is 36.0. The Morgan fingerprint density at radius 1 is 0.333 bits per heavy atom. The fourth-order valence-electron chi connectivity index (χ4n) is 6.65. The SMILES string of the molecule is CCCCCCCCCCCCCCCC[N+](C)(CCCCC)C(CCCC)(CCCC)CCCC. The van der Waals surface area contributed by atoms with E-state index in [-0.39, 0.29) is 0 Å². The van der Waals surface area contributed by atoms with Gasteiger partial charge < -0.3 is 4.48 Å². The quantitative estimate of drug-likeness (QED) is 0.0696. The Bertz CT molecular complexity index is 409. The van der Waals surface area contributed by atoms with Crippen molar-refractivity contribution in [3.8, 4) is 0 Å². The minimum absolute atomic E-state index is 0.534. The van der Waals surface area contributed by atoms with Crippen LogP contribution in [0.4, 0.5) is 0 Å². The maximum atomic E-state index is 2.69. The molecule has 218 valence electrons. The van der Waals surface area contributed by atoms with E-state index in [2.05, 4.69) is 41.7 Å². The Morgan fingerprint density at radius 3 is 0.917 bits per heavy atom. The van der Waals surface area contributed by atoms with Crippen LogP contribution in [-0.4, -0.2) is 30.2 Å². The zero-order valence-corrected chi connectivity index (χ0v) is 26.7. The van der Waals surface area contributed by atoms with E-state index in [0.29, 0.717) is 5.54 Å². The first-order valence-corrected chi connectivity index (χ1v) is 17.4. The van der Waals surface area contributed by atoms with Crippen LogP contribution in [0.3, 0.4) is 0 Å². The molecule has 36 heavy (non-hydrogen) atoms. The second-order valence-electron chi connectivity index (χ2n) is 12.7. The summed E-state index contributed by atoms with van der Waals surface area (Å²) in [6.07, 6.45) is 37.4. The average Bonchev–Trinajstić information content (AvgIpc) is 2.88. The van der Waals surface area contributed by atoms with E-state index in [0.717, 1.165) is 0 Å². The normalized spacial score (nSPS) is 13.8. The van der Waals surface area contributed by atoms with Crippen LogP contribution in [0, 0.1) is 0 Å². The Hall–Kier alpha value is -0.0400. The lowest BCUT2D eigenvalue weighted by atomic mass is 9.78. The van der Waals surface area contributed by atoms with Gasteiger partial charge >= 0.3 is 0 Å². The van der Waals surface area contributed by atoms with Gasteiger partial charge in [0, 0.05) is 19.3 Å². The van der Waals surface area contributed by atoms with E-state index in [1.807, 2.05) is 0 Å². The molecule has 0 heterocycles. The van der Waals surface area contributed by atoms with Gasteiger partial charge in [0.05, 0.1) is 25.7 Å². The first-order chi connectivity index (χ1) is 17.6. The molecule has 0 radical (unpaired) electrons. The van der Waals surface area contributed by atoms with Gasteiger partial charge in [-0.3, -0.25) is 0 Å². The van der Waals surface area contributed by atoms with E-state index < -0.39 is 0 Å². The van der Waals surface area contributed by atoms with Crippen molar-refractivity contribution < 1.29 is 4.48 Å². The van der Waals surface area contributed by atoms with Crippen LogP contribution in [-0.2, 0) is 0 Å². The lowest BCUT2D eigenvalue weighted by Gasteiger charge is -2.53. The molecule has 0 aromatic carbocycles. The number of unbranched alkanes of at least 4 members (excludes halogenated alkanes) is 18. The maximum Gasteiger partial charge on any atom is 0.0990 e. The van der Waals surface area contributed by atoms with Gasteiger partial charge in [-0.1, -0.05) is 137 Å². The molecular formula is C35H74N+. The summed E-state index contributed by atoms with van der Waals surface area (Å²) in [5.74, 6) is 0. The van der Waals surface area contributed by atoms with Crippen LogP contribution in [0.1, 0.15) is 202 Å². The minimum atomic E-state index is 0.534. The summed E-state index contributed by atoms with van der Waals surface area (Å²) >= 11 is 0. The monoisotopic (exact) mass is 509 g/mol. The molecule has 0 aromatic heterocycles. The Labute approximate surface area is 231 Å². The predicted octanol–water partition coefficient (Wildman–Crippen LogP) is 12.4. The standard InChI is InChI=1S/C35H74N/c1-7-12-17-18-19-20-21-22-23-24-25-26-27-29-34-36(6,33-28-13-8-2)35(30-14-9-3,31-15-10-4)32-16-11-5/h7-34H2,1-6H3/q+1. The van der Waals surface area contributed by atoms with Gasteiger partial charge in [-0.05, 0) is 44.9 Å². The summed E-state index contributed by atoms with van der Waals surface area (Å²) in [5.41, 5.74) is 0.534. The highest BCUT2D eigenvalue weighted by Gasteiger charge is 2.45. The zero-order chi connectivity index (χ0) is 26.8. The lowest BCUT2D eigenvalue weighted by molar-refractivity contribution is -0.961. The fourth-order valence-corrected chi connectivity index (χ4v) is 6.65. The van der Waals surface area contributed by atoms with E-state index in [1.54, 1.807) is 0 Å². The van der Waals surface area contributed by atoms with Crippen molar-refractivity contribution in [3.05, 3.63) is 0 Å². The largest absolute Gasteiger partial charge is 0.321 e. The smallest absolute Gasteiger partial charge is 0.0990 e. The predicted molar refractivity (Wildman–Crippen MR) is 167 cm³/mol. The summed E-state index contributed by atoms with van der Waals surface area (Å²) < 4.78 is 1.38. The van der Waals surface area contributed by atoms with Crippen LogP contribution in [0.5, 0.6) is 0 Å². The minimum Gasteiger partial charge on any atom is -0.321 e. The van der Waals surface area contributed by atoms with Gasteiger partial charge in [0.15, 0.2) is 0 Å². The maximum absolute atomic E-state index is 2.69. The third-order valence-electron chi connectivity index (χ3n) is 9.39. The molecule has 0 fully saturated rings. The van der Waals surface area contributed by atoms with Crippen molar-refractivity contribution in [3.63, 3.8) is 0 Å². The number of quaternary nitrogens is 1. The second kappa shape index (κ2) is 25.2. The van der Waals surface area contributed by atoms with Crippen LogP contribution in [0.2, 0.25) is 0 Å². The number of hydrogen-bond acceptors (Lipinski definition) is 0. The molecule has 0 aromatic rings. The van der Waals surface area contributed by atoms with Gasteiger partial charge in [0.1, 0.15) is 0 Å². The molecule has 0 rings (SSSR count). The second-order valence-corrected chi connectivity index (χ2v) is 12.7. The topological polar surface area (TPSA) is 0 Å². The van der Waals surface area contributed by atoms with Crippen LogP contribution < -0.4 is 0 Å². The molecule has 0 N–H and O–H groups in total. The molecule has 1 heteroatoms. The van der Waals surface area contributed by atoms with Crippen molar-refractivity contribution >= 4 is 0 Å². The van der Waals surface area contributed by atoms with Crippen molar-refractivity contribution in [2.45, 2.75) is 207 Å². The zero-order valence-electron chi connectivity index (χ0n) is 26.7. The molecule has 0 spiro atoms. The fraction of sp³-hybridized carbons (Fsp3) is 1.00. The number of rotatable bonds is 29. The lowest BCUT2D eigenvalue weighted by Crippen LogP contribution is -2.63. The molecular weight excluding hydrogens is 434 g/mol. The Morgan fingerprint density at radius 2 is 0.583 bits per heavy atom. The molecule has 0 aliphatic heterocycles. The Balaban J connectivity index is 4.63. The highest BCUT2D eigenvalue weighted by atomic mass is 15.4. The average molecular weight is 509 g/mol. The summed E-state index contributed by atoms with van der Waals surface area (Å²) in [7, 11) is 2.69. The molecule has 1 atom stereocenters. The van der Waals surface area contributed by atoms with Gasteiger partial charge in [-0.25, -0.2) is 0 Å². The first-order valence-electron chi connectivity index (χ1n) is 17.4. The van der Waals surface area contributed by atoms with Crippen LogP contribution >= 0.6 is 0 Å². The Kier molecular flexibility index (Phi) is 25.2. The molecule has 1 unspecified atom stereocenters. The molecule has 0 saturated carbocycles. The van der Waals surface area contributed by atoms with Crippen LogP contribution in [0.25, 0.3) is 0 Å². The molecule has 1 nitrogen and oxygen atoms in total. The third kappa shape index (κ3) is 16.7. The van der Waals surface area contributed by atoms with Gasteiger partial charge in [-0.15, -0.1) is 0 Å². The highest BCUT2D eigenvalue weighted by Crippen LogP contribution is 2.39. The van der Waals surface area contributed by atoms with Crippen molar-refractivity contribution in [1.29, 1.82) is 0 Å². The summed E-state index contributed by atoms with van der Waals surface area (Å²) in [4.78, 5) is 0. The summed E-state index contributed by atoms with van der Waals surface area (Å²) in [6.45, 7) is 14.7. The van der Waals surface area contributed by atoms with Crippen molar-refractivity contribution in [2.75, 3.05) is 20.1 Å². The van der Waals surface area contributed by atoms with Gasteiger partial charge in [0.25, 0.3) is 0 Å². The van der Waals surface area contributed by atoms with Gasteiger partial charge in [-0.2, -0.15) is 0 Å². The number of hydrogen-bond donors (Lipinski definition) is 0. The van der Waals surface area contributed by atoms with Gasteiger partial charge in [0.2, 0.25) is 0 Å². The van der Waals surface area contributed by atoms with E-state index >= 15 is 0 Å². The number of nitrogens with zero attached hydrogens (tertiary/aromatic N) is 1. The highest BCUT2D eigenvalue weighted by molar-refractivity contribution is 4.82. The van der Waals surface area contributed by atoms with Crippen molar-refractivity contribution in [1.82, 2.24) is 0 Å². The molecule has 0 aliphatic carbocycles. The third-order valence-corrected chi connectivity index (χ3v) is 9.39. The van der Waals surface area contributed by atoms with Crippen LogP contribution in [0.15, 0.2) is 0 Å². The van der Waals surface area contributed by atoms with E-state index in [1.165, 1.54) is 185 Å². The van der Waals surface area contributed by atoms with E-state index in [4.69, 9.17) is 0 Å².